The maximum Gasteiger partial charge on any atom is 0.310 e. The fraction of sp³-hybridized carbons (Fsp3) is 0.158. The van der Waals surface area contributed by atoms with Crippen LogP contribution in [0.2, 0.25) is 0 Å². The Morgan fingerprint density at radius 3 is 2.52 bits per heavy atom. The summed E-state index contributed by atoms with van der Waals surface area (Å²) < 4.78 is 19.9. The first-order chi connectivity index (χ1) is 11.9. The molecule has 1 N–H and O–H groups in total. The Hall–Kier alpha value is -3.15. The average molecular weight is 341 g/mol. The van der Waals surface area contributed by atoms with E-state index in [1.807, 2.05) is 0 Å². The molecule has 0 aliphatic heterocycles. The van der Waals surface area contributed by atoms with Gasteiger partial charge in [-0.3, -0.25) is 14.2 Å². The number of hydrogen-bond acceptors (Lipinski definition) is 4. The molecular formula is C19H16FNO4. The van der Waals surface area contributed by atoms with Gasteiger partial charge >= 0.3 is 5.97 Å². The van der Waals surface area contributed by atoms with Crippen LogP contribution in [0.15, 0.2) is 42.5 Å². The number of carbonyl (C=O) groups excluding carboxylic acids is 2. The third kappa shape index (κ3) is 2.87. The number of aromatic nitrogens is 1. The number of rotatable bonds is 3. The molecule has 0 unspecified atom stereocenters. The Balaban J connectivity index is 2.27. The van der Waals surface area contributed by atoms with E-state index in [2.05, 4.69) is 0 Å². The van der Waals surface area contributed by atoms with Gasteiger partial charge < -0.3 is 9.84 Å². The Morgan fingerprint density at radius 2 is 1.88 bits per heavy atom. The number of ether oxygens (including phenoxy) is 1. The van der Waals surface area contributed by atoms with Crippen LogP contribution < -0.4 is 0 Å². The number of nitrogens with zero attached hydrogens (tertiary/aromatic N) is 1. The first-order valence-corrected chi connectivity index (χ1v) is 7.63. The van der Waals surface area contributed by atoms with Crippen LogP contribution in [0.4, 0.5) is 4.39 Å². The molecule has 5 nitrogen and oxygen atoms in total. The van der Waals surface area contributed by atoms with E-state index in [0.29, 0.717) is 27.7 Å². The highest BCUT2D eigenvalue weighted by atomic mass is 19.1. The normalized spacial score (nSPS) is 10.8. The van der Waals surface area contributed by atoms with E-state index in [9.17, 15) is 19.1 Å². The second kappa shape index (κ2) is 6.39. The molecule has 0 bridgehead atoms. The van der Waals surface area contributed by atoms with Crippen LogP contribution in [0.3, 0.4) is 0 Å². The number of methoxy groups -OCH3 is 1. The van der Waals surface area contributed by atoms with Crippen LogP contribution in [0.5, 0.6) is 5.75 Å². The molecule has 0 atom stereocenters. The van der Waals surface area contributed by atoms with E-state index in [1.54, 1.807) is 37.3 Å². The van der Waals surface area contributed by atoms with Crippen molar-refractivity contribution >= 4 is 22.8 Å². The number of aromatic hydroxyl groups is 1. The molecule has 3 rings (SSSR count). The lowest BCUT2D eigenvalue weighted by molar-refractivity contribution is -0.139. The molecule has 0 saturated carbocycles. The van der Waals surface area contributed by atoms with Crippen molar-refractivity contribution in [1.29, 1.82) is 0 Å². The van der Waals surface area contributed by atoms with Crippen molar-refractivity contribution in [2.24, 2.45) is 0 Å². The van der Waals surface area contributed by atoms with E-state index in [0.717, 1.165) is 6.07 Å². The molecule has 3 aromatic rings. The molecule has 0 amide bonds. The zero-order valence-electron chi connectivity index (χ0n) is 13.7. The van der Waals surface area contributed by atoms with Gasteiger partial charge in [0.25, 0.3) is 5.91 Å². The number of carbonyl (C=O) groups is 2. The summed E-state index contributed by atoms with van der Waals surface area (Å²) in [7, 11) is 1.27. The largest absolute Gasteiger partial charge is 0.505 e. The molecular weight excluding hydrogens is 325 g/mol. The van der Waals surface area contributed by atoms with Crippen molar-refractivity contribution < 1.29 is 23.8 Å². The van der Waals surface area contributed by atoms with Crippen LogP contribution in [-0.2, 0) is 16.0 Å². The lowest BCUT2D eigenvalue weighted by Gasteiger charge is -2.07. The molecule has 0 spiro atoms. The minimum atomic E-state index is -0.836. The van der Waals surface area contributed by atoms with Crippen LogP contribution in [0, 0.1) is 12.7 Å². The third-order valence-corrected chi connectivity index (χ3v) is 4.18. The minimum Gasteiger partial charge on any atom is -0.505 e. The maximum atomic E-state index is 13.9. The first-order valence-electron chi connectivity index (χ1n) is 7.63. The molecule has 6 heteroatoms. The van der Waals surface area contributed by atoms with Crippen molar-refractivity contribution in [3.8, 4) is 5.75 Å². The standard InChI is InChI=1S/C19H16FNO4/c1-11-13(9-18(23)25-2)14-8-17(22)15(20)10-16(14)21(11)19(24)12-6-4-3-5-7-12/h3-8,10,22H,9H2,1-2H3. The van der Waals surface area contributed by atoms with E-state index < -0.39 is 17.5 Å². The fourth-order valence-electron chi connectivity index (χ4n) is 2.90. The van der Waals surface area contributed by atoms with Gasteiger partial charge in [0, 0.05) is 22.7 Å². The highest BCUT2D eigenvalue weighted by molar-refractivity contribution is 6.05. The second-order valence-electron chi connectivity index (χ2n) is 5.64. The van der Waals surface area contributed by atoms with Gasteiger partial charge in [0.1, 0.15) is 0 Å². The molecule has 0 aliphatic rings. The number of benzene rings is 2. The van der Waals surface area contributed by atoms with Crippen molar-refractivity contribution in [1.82, 2.24) is 4.57 Å². The number of esters is 1. The topological polar surface area (TPSA) is 68.5 Å². The van der Waals surface area contributed by atoms with Gasteiger partial charge in [-0.1, -0.05) is 18.2 Å². The lowest BCUT2D eigenvalue weighted by Crippen LogP contribution is -2.14. The van der Waals surface area contributed by atoms with E-state index in [-0.39, 0.29) is 12.3 Å². The van der Waals surface area contributed by atoms with Crippen LogP contribution in [0.25, 0.3) is 10.9 Å². The number of fused-ring (bicyclic) bond motifs is 1. The van der Waals surface area contributed by atoms with Gasteiger partial charge in [-0.05, 0) is 30.7 Å². The molecule has 1 heterocycles. The lowest BCUT2D eigenvalue weighted by atomic mass is 10.1. The minimum absolute atomic E-state index is 0.0843. The summed E-state index contributed by atoms with van der Waals surface area (Å²) in [6.45, 7) is 1.67. The molecule has 1 aromatic heterocycles. The predicted octanol–water partition coefficient (Wildman–Crippen LogP) is 3.20. The number of halogens is 1. The van der Waals surface area contributed by atoms with Gasteiger partial charge in [0.15, 0.2) is 11.6 Å². The summed E-state index contributed by atoms with van der Waals surface area (Å²) in [6.07, 6.45) is -0.0843. The summed E-state index contributed by atoms with van der Waals surface area (Å²) >= 11 is 0. The molecule has 2 aromatic carbocycles. The molecule has 128 valence electrons. The summed E-state index contributed by atoms with van der Waals surface area (Å²) in [5.74, 6) is -2.21. The van der Waals surface area contributed by atoms with Crippen LogP contribution in [-0.4, -0.2) is 28.7 Å². The monoisotopic (exact) mass is 341 g/mol. The molecule has 25 heavy (non-hydrogen) atoms. The van der Waals surface area contributed by atoms with Gasteiger partial charge in [0.2, 0.25) is 0 Å². The molecule has 0 saturated heterocycles. The van der Waals surface area contributed by atoms with E-state index >= 15 is 0 Å². The summed E-state index contributed by atoms with van der Waals surface area (Å²) in [4.78, 5) is 24.6. The molecule has 0 aliphatic carbocycles. The van der Waals surface area contributed by atoms with Crippen molar-refractivity contribution in [2.45, 2.75) is 13.3 Å². The SMILES string of the molecule is COC(=O)Cc1c(C)n(C(=O)c2ccccc2)c2cc(F)c(O)cc12. The fourth-order valence-corrected chi connectivity index (χ4v) is 2.90. The van der Waals surface area contributed by atoms with Gasteiger partial charge in [-0.2, -0.15) is 0 Å². The zero-order valence-corrected chi connectivity index (χ0v) is 13.7. The Labute approximate surface area is 143 Å². The number of hydrogen-bond donors (Lipinski definition) is 1. The summed E-state index contributed by atoms with van der Waals surface area (Å²) in [6, 6.07) is 10.9. The molecule has 0 radical (unpaired) electrons. The average Bonchev–Trinajstić information content (AvgIpc) is 2.87. The smallest absolute Gasteiger partial charge is 0.310 e. The van der Waals surface area contributed by atoms with Crippen LogP contribution in [0.1, 0.15) is 21.6 Å². The highest BCUT2D eigenvalue weighted by Gasteiger charge is 2.23. The Bertz CT molecular complexity index is 976. The van der Waals surface area contributed by atoms with Crippen molar-refractivity contribution in [3.63, 3.8) is 0 Å². The highest BCUT2D eigenvalue weighted by Crippen LogP contribution is 2.32. The maximum absolute atomic E-state index is 13.9. The number of phenols is 1. The van der Waals surface area contributed by atoms with Gasteiger partial charge in [-0.15, -0.1) is 0 Å². The third-order valence-electron chi connectivity index (χ3n) is 4.18. The quantitative estimate of drug-likeness (QED) is 0.743. The second-order valence-corrected chi connectivity index (χ2v) is 5.64. The predicted molar refractivity (Wildman–Crippen MR) is 90.2 cm³/mol. The number of phenolic OH excluding ortho intramolecular Hbond substituents is 1. The Kier molecular flexibility index (Phi) is 4.27. The van der Waals surface area contributed by atoms with E-state index in [4.69, 9.17) is 4.74 Å². The van der Waals surface area contributed by atoms with E-state index in [1.165, 1.54) is 17.7 Å². The zero-order chi connectivity index (χ0) is 18.1. The molecule has 0 fully saturated rings. The van der Waals surface area contributed by atoms with Crippen LogP contribution >= 0.6 is 0 Å². The van der Waals surface area contributed by atoms with Gasteiger partial charge in [-0.25, -0.2) is 4.39 Å². The summed E-state index contributed by atoms with van der Waals surface area (Å²) in [5.41, 5.74) is 1.74. The van der Waals surface area contributed by atoms with Gasteiger partial charge in [0.05, 0.1) is 19.0 Å². The van der Waals surface area contributed by atoms with Crippen molar-refractivity contribution in [3.05, 3.63) is 65.1 Å². The Morgan fingerprint density at radius 1 is 1.20 bits per heavy atom. The summed E-state index contributed by atoms with van der Waals surface area (Å²) in [5, 5.41) is 10.1. The van der Waals surface area contributed by atoms with Crippen molar-refractivity contribution in [2.75, 3.05) is 7.11 Å². The first kappa shape index (κ1) is 16.7.